The molecule has 1 aliphatic carbocycles. The lowest BCUT2D eigenvalue weighted by Gasteiger charge is -2.27. The molecular weight excluding hydrogens is 232 g/mol. The number of hydrogen-bond acceptors (Lipinski definition) is 2. The molecule has 94 valence electrons. The van der Waals surface area contributed by atoms with Crippen LogP contribution in [0.15, 0.2) is 18.2 Å². The quantitative estimate of drug-likeness (QED) is 0.873. The number of benzene rings is 1. The summed E-state index contributed by atoms with van der Waals surface area (Å²) in [6, 6.07) is 6.82. The average molecular weight is 253 g/mol. The maximum atomic E-state index is 6.14. The van der Waals surface area contributed by atoms with Gasteiger partial charge in [-0.05, 0) is 49.9 Å². The van der Waals surface area contributed by atoms with Crippen LogP contribution in [0.5, 0.6) is 0 Å². The van der Waals surface area contributed by atoms with Gasteiger partial charge in [-0.15, -0.1) is 0 Å². The van der Waals surface area contributed by atoms with Crippen LogP contribution in [0.2, 0.25) is 5.02 Å². The van der Waals surface area contributed by atoms with E-state index in [9.17, 15) is 0 Å². The lowest BCUT2D eigenvalue weighted by atomic mass is 10.1. The molecule has 3 heteroatoms. The lowest BCUT2D eigenvalue weighted by molar-refractivity contribution is 0.215. The first-order valence-electron chi connectivity index (χ1n) is 6.27. The van der Waals surface area contributed by atoms with Gasteiger partial charge in [-0.2, -0.15) is 0 Å². The topological polar surface area (TPSA) is 29.3 Å². The maximum Gasteiger partial charge on any atom is 0.0438 e. The highest BCUT2D eigenvalue weighted by atomic mass is 35.5. The SMILES string of the molecule is Cc1ccc(CN(C)C(CN)C2CC2)cc1Cl. The van der Waals surface area contributed by atoms with Crippen molar-refractivity contribution in [2.75, 3.05) is 13.6 Å². The van der Waals surface area contributed by atoms with Crippen LogP contribution in [0.1, 0.15) is 24.0 Å². The van der Waals surface area contributed by atoms with Crippen LogP contribution in [0.3, 0.4) is 0 Å². The normalized spacial score (nSPS) is 17.5. The Balaban J connectivity index is 2.01. The van der Waals surface area contributed by atoms with Crippen molar-refractivity contribution in [3.05, 3.63) is 34.3 Å². The highest BCUT2D eigenvalue weighted by Gasteiger charge is 2.32. The first-order chi connectivity index (χ1) is 8.11. The fraction of sp³-hybridized carbons (Fsp3) is 0.571. The Labute approximate surface area is 109 Å². The predicted octanol–water partition coefficient (Wildman–Crippen LogP) is 2.82. The van der Waals surface area contributed by atoms with Gasteiger partial charge < -0.3 is 5.73 Å². The summed E-state index contributed by atoms with van der Waals surface area (Å²) >= 11 is 6.14. The molecule has 1 aromatic rings. The van der Waals surface area contributed by atoms with E-state index in [2.05, 4.69) is 30.1 Å². The van der Waals surface area contributed by atoms with Crippen LogP contribution in [0.25, 0.3) is 0 Å². The molecular formula is C14H21ClN2. The summed E-state index contributed by atoms with van der Waals surface area (Å²) < 4.78 is 0. The highest BCUT2D eigenvalue weighted by Crippen LogP contribution is 2.35. The number of aryl methyl sites for hydroxylation is 1. The van der Waals surface area contributed by atoms with Gasteiger partial charge in [-0.1, -0.05) is 23.7 Å². The molecule has 2 nitrogen and oxygen atoms in total. The fourth-order valence-electron chi connectivity index (χ4n) is 2.35. The van der Waals surface area contributed by atoms with Crippen molar-refractivity contribution in [1.29, 1.82) is 0 Å². The number of likely N-dealkylation sites (N-methyl/N-ethyl adjacent to an activating group) is 1. The average Bonchev–Trinajstić information content (AvgIpc) is 3.09. The lowest BCUT2D eigenvalue weighted by Crippen LogP contribution is -2.39. The summed E-state index contributed by atoms with van der Waals surface area (Å²) in [5.74, 6) is 0.811. The zero-order valence-electron chi connectivity index (χ0n) is 10.6. The smallest absolute Gasteiger partial charge is 0.0438 e. The third-order valence-electron chi connectivity index (χ3n) is 3.64. The van der Waals surface area contributed by atoms with Crippen molar-refractivity contribution in [3.63, 3.8) is 0 Å². The van der Waals surface area contributed by atoms with Crippen LogP contribution in [-0.2, 0) is 6.54 Å². The minimum Gasteiger partial charge on any atom is -0.329 e. The molecule has 1 fully saturated rings. The second-order valence-electron chi connectivity index (χ2n) is 5.14. The predicted molar refractivity (Wildman–Crippen MR) is 73.2 cm³/mol. The summed E-state index contributed by atoms with van der Waals surface area (Å²) in [5.41, 5.74) is 8.26. The van der Waals surface area contributed by atoms with Gasteiger partial charge in [0, 0.05) is 24.2 Å². The van der Waals surface area contributed by atoms with Crippen molar-refractivity contribution < 1.29 is 0 Å². The van der Waals surface area contributed by atoms with Gasteiger partial charge in [0.05, 0.1) is 0 Å². The summed E-state index contributed by atoms with van der Waals surface area (Å²) in [6.45, 7) is 3.71. The number of halogens is 1. The van der Waals surface area contributed by atoms with Gasteiger partial charge in [0.25, 0.3) is 0 Å². The number of hydrogen-bond donors (Lipinski definition) is 1. The summed E-state index contributed by atoms with van der Waals surface area (Å²) in [7, 11) is 2.16. The molecule has 0 bridgehead atoms. The van der Waals surface area contributed by atoms with E-state index in [-0.39, 0.29) is 0 Å². The van der Waals surface area contributed by atoms with Crippen molar-refractivity contribution in [2.45, 2.75) is 32.4 Å². The molecule has 0 aliphatic heterocycles. The maximum absolute atomic E-state index is 6.14. The third-order valence-corrected chi connectivity index (χ3v) is 4.05. The van der Waals surface area contributed by atoms with E-state index in [1.54, 1.807) is 0 Å². The Morgan fingerprint density at radius 1 is 1.47 bits per heavy atom. The van der Waals surface area contributed by atoms with Crippen molar-refractivity contribution >= 4 is 11.6 Å². The van der Waals surface area contributed by atoms with E-state index < -0.39 is 0 Å². The summed E-state index contributed by atoms with van der Waals surface area (Å²) in [4.78, 5) is 2.36. The fourth-order valence-corrected chi connectivity index (χ4v) is 2.56. The molecule has 1 aliphatic rings. The Morgan fingerprint density at radius 2 is 2.18 bits per heavy atom. The minimum atomic E-state index is 0.523. The van der Waals surface area contributed by atoms with E-state index in [0.717, 1.165) is 29.6 Å². The number of nitrogens with zero attached hydrogens (tertiary/aromatic N) is 1. The Morgan fingerprint density at radius 3 is 2.71 bits per heavy atom. The van der Waals surface area contributed by atoms with Crippen LogP contribution < -0.4 is 5.73 Å². The van der Waals surface area contributed by atoms with Gasteiger partial charge in [0.1, 0.15) is 0 Å². The third kappa shape index (κ3) is 3.21. The molecule has 1 saturated carbocycles. The largest absolute Gasteiger partial charge is 0.329 e. The van der Waals surface area contributed by atoms with E-state index in [0.29, 0.717) is 6.04 Å². The van der Waals surface area contributed by atoms with Gasteiger partial charge in [0.15, 0.2) is 0 Å². The highest BCUT2D eigenvalue weighted by molar-refractivity contribution is 6.31. The van der Waals surface area contributed by atoms with E-state index in [1.807, 2.05) is 6.92 Å². The van der Waals surface area contributed by atoms with Crippen LogP contribution in [0, 0.1) is 12.8 Å². The van der Waals surface area contributed by atoms with Gasteiger partial charge in [-0.25, -0.2) is 0 Å². The molecule has 0 aromatic heterocycles. The molecule has 1 aromatic carbocycles. The molecule has 1 unspecified atom stereocenters. The second-order valence-corrected chi connectivity index (χ2v) is 5.55. The molecule has 2 N–H and O–H groups in total. The van der Waals surface area contributed by atoms with Crippen molar-refractivity contribution in [1.82, 2.24) is 4.90 Å². The zero-order chi connectivity index (χ0) is 12.4. The number of nitrogens with two attached hydrogens (primary N) is 1. The Hall–Kier alpha value is -0.570. The molecule has 0 spiro atoms. The molecule has 17 heavy (non-hydrogen) atoms. The molecule has 1 atom stereocenters. The van der Waals surface area contributed by atoms with Crippen LogP contribution >= 0.6 is 11.6 Å². The number of rotatable bonds is 5. The van der Waals surface area contributed by atoms with Crippen LogP contribution in [0.4, 0.5) is 0 Å². The van der Waals surface area contributed by atoms with Crippen molar-refractivity contribution in [2.24, 2.45) is 11.7 Å². The molecule has 0 heterocycles. The second kappa shape index (κ2) is 5.38. The molecule has 0 radical (unpaired) electrons. The standard InChI is InChI=1S/C14H21ClN2/c1-10-3-4-11(7-13(10)15)9-17(2)14(8-16)12-5-6-12/h3-4,7,12,14H,5-6,8-9,16H2,1-2H3. The van der Waals surface area contributed by atoms with E-state index in [4.69, 9.17) is 17.3 Å². The van der Waals surface area contributed by atoms with E-state index >= 15 is 0 Å². The summed E-state index contributed by atoms with van der Waals surface area (Å²) in [5, 5.41) is 0.853. The van der Waals surface area contributed by atoms with Crippen LogP contribution in [-0.4, -0.2) is 24.5 Å². The van der Waals surface area contributed by atoms with Crippen molar-refractivity contribution in [3.8, 4) is 0 Å². The van der Waals surface area contributed by atoms with Gasteiger partial charge in [0.2, 0.25) is 0 Å². The zero-order valence-corrected chi connectivity index (χ0v) is 11.4. The molecule has 2 rings (SSSR count). The summed E-state index contributed by atoms with van der Waals surface area (Å²) in [6.07, 6.45) is 2.67. The Kier molecular flexibility index (Phi) is 4.08. The first-order valence-corrected chi connectivity index (χ1v) is 6.65. The first kappa shape index (κ1) is 12.9. The van der Waals surface area contributed by atoms with Gasteiger partial charge in [-0.3, -0.25) is 4.90 Å². The van der Waals surface area contributed by atoms with E-state index in [1.165, 1.54) is 18.4 Å². The van der Waals surface area contributed by atoms with Gasteiger partial charge >= 0.3 is 0 Å². The Bertz CT molecular complexity index is 388. The molecule has 0 saturated heterocycles. The minimum absolute atomic E-state index is 0.523. The monoisotopic (exact) mass is 252 g/mol. The molecule has 0 amide bonds.